The van der Waals surface area contributed by atoms with E-state index in [0.717, 1.165) is 6.42 Å². The molecule has 2 N–H and O–H groups in total. The summed E-state index contributed by atoms with van der Waals surface area (Å²) in [5, 5.41) is 5.67. The fraction of sp³-hybridized carbons (Fsp3) is 0.500. The van der Waals surface area contributed by atoms with Gasteiger partial charge in [-0.1, -0.05) is 26.8 Å². The Morgan fingerprint density at radius 2 is 2.06 bits per heavy atom. The Bertz CT molecular complexity index is 418. The summed E-state index contributed by atoms with van der Waals surface area (Å²) in [6.07, 6.45) is 0.855. The van der Waals surface area contributed by atoms with E-state index in [1.807, 2.05) is 6.92 Å². The lowest BCUT2D eigenvalue weighted by Gasteiger charge is -2.21. The van der Waals surface area contributed by atoms with Crippen molar-refractivity contribution in [3.05, 3.63) is 29.6 Å². The Labute approximate surface area is 108 Å². The number of carbonyl (C=O) groups is 1. The quantitative estimate of drug-likeness (QED) is 0.845. The van der Waals surface area contributed by atoms with Gasteiger partial charge in [0.25, 0.3) is 5.91 Å². The molecule has 1 unspecified atom stereocenters. The van der Waals surface area contributed by atoms with Crippen LogP contribution in [0.25, 0.3) is 0 Å². The first-order chi connectivity index (χ1) is 8.51. The summed E-state index contributed by atoms with van der Waals surface area (Å²) >= 11 is 0. The lowest BCUT2D eigenvalue weighted by Crippen LogP contribution is -2.38. The maximum atomic E-state index is 13.5. The fourth-order valence-corrected chi connectivity index (χ4v) is 1.95. The van der Waals surface area contributed by atoms with Gasteiger partial charge >= 0.3 is 0 Å². The number of carbonyl (C=O) groups excluding carboxylic acids is 1. The molecule has 0 bridgehead atoms. The summed E-state index contributed by atoms with van der Waals surface area (Å²) in [4.78, 5) is 12.1. The third-order valence-corrected chi connectivity index (χ3v) is 3.07. The van der Waals surface area contributed by atoms with Crippen LogP contribution >= 0.6 is 0 Å². The van der Waals surface area contributed by atoms with Gasteiger partial charge in [-0.15, -0.1) is 0 Å². The van der Waals surface area contributed by atoms with E-state index in [1.165, 1.54) is 6.07 Å². The van der Waals surface area contributed by atoms with Crippen molar-refractivity contribution < 1.29 is 9.18 Å². The Morgan fingerprint density at radius 1 is 1.39 bits per heavy atom. The topological polar surface area (TPSA) is 41.1 Å². The lowest BCUT2D eigenvalue weighted by molar-refractivity contribution is 0.0925. The monoisotopic (exact) mass is 252 g/mol. The molecule has 0 aliphatic rings. The molecule has 4 heteroatoms. The van der Waals surface area contributed by atoms with Crippen molar-refractivity contribution in [2.75, 3.05) is 12.4 Å². The van der Waals surface area contributed by atoms with Gasteiger partial charge in [0.05, 0.1) is 11.3 Å². The van der Waals surface area contributed by atoms with Crippen molar-refractivity contribution >= 4 is 11.6 Å². The van der Waals surface area contributed by atoms with Gasteiger partial charge in [-0.25, -0.2) is 4.39 Å². The van der Waals surface area contributed by atoms with E-state index >= 15 is 0 Å². The van der Waals surface area contributed by atoms with Gasteiger partial charge in [0, 0.05) is 13.1 Å². The molecule has 0 saturated carbocycles. The van der Waals surface area contributed by atoms with Gasteiger partial charge in [0.1, 0.15) is 5.82 Å². The Hall–Kier alpha value is -1.58. The van der Waals surface area contributed by atoms with E-state index in [0.29, 0.717) is 11.5 Å². The first-order valence-corrected chi connectivity index (χ1v) is 6.28. The lowest BCUT2D eigenvalue weighted by atomic mass is 10.0. The molecule has 0 radical (unpaired) electrons. The third kappa shape index (κ3) is 3.22. The average Bonchev–Trinajstić information content (AvgIpc) is 2.34. The number of para-hydroxylation sites is 1. The van der Waals surface area contributed by atoms with Crippen molar-refractivity contribution in [3.63, 3.8) is 0 Å². The molecule has 0 saturated heterocycles. The van der Waals surface area contributed by atoms with Crippen molar-refractivity contribution in [1.29, 1.82) is 0 Å². The van der Waals surface area contributed by atoms with Crippen LogP contribution in [0.1, 0.15) is 37.6 Å². The molecular weight excluding hydrogens is 231 g/mol. The molecule has 0 fully saturated rings. The van der Waals surface area contributed by atoms with Crippen LogP contribution in [0, 0.1) is 11.7 Å². The zero-order valence-electron chi connectivity index (χ0n) is 11.4. The summed E-state index contributed by atoms with van der Waals surface area (Å²) < 4.78 is 13.5. The average molecular weight is 252 g/mol. The first kappa shape index (κ1) is 14.5. The van der Waals surface area contributed by atoms with E-state index in [-0.39, 0.29) is 17.6 Å². The molecule has 0 aliphatic heterocycles. The highest BCUT2D eigenvalue weighted by Crippen LogP contribution is 2.19. The second kappa shape index (κ2) is 6.38. The zero-order valence-corrected chi connectivity index (χ0v) is 11.4. The summed E-state index contributed by atoms with van der Waals surface area (Å²) in [5.74, 6) is -0.298. The number of nitrogens with one attached hydrogen (secondary N) is 2. The number of amides is 1. The van der Waals surface area contributed by atoms with Crippen molar-refractivity contribution in [2.45, 2.75) is 33.2 Å². The van der Waals surface area contributed by atoms with E-state index in [9.17, 15) is 9.18 Å². The van der Waals surface area contributed by atoms with Crippen LogP contribution in [0.3, 0.4) is 0 Å². The van der Waals surface area contributed by atoms with Crippen LogP contribution in [0.15, 0.2) is 18.2 Å². The first-order valence-electron chi connectivity index (χ1n) is 6.28. The molecule has 1 atom stereocenters. The Kier molecular flexibility index (Phi) is 5.13. The third-order valence-electron chi connectivity index (χ3n) is 3.07. The highest BCUT2D eigenvalue weighted by Gasteiger charge is 2.18. The van der Waals surface area contributed by atoms with E-state index < -0.39 is 5.82 Å². The summed E-state index contributed by atoms with van der Waals surface area (Å²) in [6, 6.07) is 4.60. The van der Waals surface area contributed by atoms with Crippen molar-refractivity contribution in [2.24, 2.45) is 5.92 Å². The standard InChI is InChI=1S/C14H21FN2O/c1-5-12(9(2)3)17-14(18)10-7-6-8-11(15)13(10)16-4/h6-9,12,16H,5H2,1-4H3,(H,17,18). The minimum Gasteiger partial charge on any atom is -0.385 e. The molecule has 1 rings (SSSR count). The fourth-order valence-electron chi connectivity index (χ4n) is 1.95. The molecule has 0 spiro atoms. The van der Waals surface area contributed by atoms with Crippen LogP contribution in [0.2, 0.25) is 0 Å². The highest BCUT2D eigenvalue weighted by atomic mass is 19.1. The van der Waals surface area contributed by atoms with E-state index in [2.05, 4.69) is 24.5 Å². The SMILES string of the molecule is CCC(NC(=O)c1cccc(F)c1NC)C(C)C. The molecule has 1 aromatic rings. The minimum atomic E-state index is -0.414. The predicted octanol–water partition coefficient (Wildman–Crippen LogP) is 3.03. The van der Waals surface area contributed by atoms with Crippen LogP contribution in [0.4, 0.5) is 10.1 Å². The number of halogens is 1. The molecule has 1 aromatic carbocycles. The van der Waals surface area contributed by atoms with Crippen LogP contribution in [-0.2, 0) is 0 Å². The molecule has 18 heavy (non-hydrogen) atoms. The Morgan fingerprint density at radius 3 is 2.56 bits per heavy atom. The molecular formula is C14H21FN2O. The largest absolute Gasteiger partial charge is 0.385 e. The molecule has 0 aliphatic carbocycles. The molecule has 0 heterocycles. The van der Waals surface area contributed by atoms with E-state index in [1.54, 1.807) is 19.2 Å². The molecule has 1 amide bonds. The summed E-state index contributed by atoms with van der Waals surface area (Å²) in [5.41, 5.74) is 0.588. The Balaban J connectivity index is 2.94. The normalized spacial score (nSPS) is 12.3. The van der Waals surface area contributed by atoms with Gasteiger partial charge in [-0.3, -0.25) is 4.79 Å². The van der Waals surface area contributed by atoms with Gasteiger partial charge in [0.15, 0.2) is 0 Å². The van der Waals surface area contributed by atoms with Crippen LogP contribution < -0.4 is 10.6 Å². The number of rotatable bonds is 5. The number of benzene rings is 1. The second-order valence-electron chi connectivity index (χ2n) is 4.64. The van der Waals surface area contributed by atoms with Crippen LogP contribution in [0.5, 0.6) is 0 Å². The molecule has 100 valence electrons. The maximum absolute atomic E-state index is 13.5. The van der Waals surface area contributed by atoms with Crippen molar-refractivity contribution in [1.82, 2.24) is 5.32 Å². The maximum Gasteiger partial charge on any atom is 0.253 e. The van der Waals surface area contributed by atoms with Crippen LogP contribution in [-0.4, -0.2) is 19.0 Å². The highest BCUT2D eigenvalue weighted by molar-refractivity contribution is 5.99. The number of anilines is 1. The molecule has 0 aromatic heterocycles. The second-order valence-corrected chi connectivity index (χ2v) is 4.64. The van der Waals surface area contributed by atoms with Gasteiger partial charge in [-0.2, -0.15) is 0 Å². The van der Waals surface area contributed by atoms with Gasteiger partial charge in [-0.05, 0) is 24.5 Å². The predicted molar refractivity (Wildman–Crippen MR) is 72.3 cm³/mol. The number of hydrogen-bond acceptors (Lipinski definition) is 2. The summed E-state index contributed by atoms with van der Waals surface area (Å²) in [6.45, 7) is 6.13. The number of hydrogen-bond donors (Lipinski definition) is 2. The van der Waals surface area contributed by atoms with Gasteiger partial charge in [0.2, 0.25) is 0 Å². The van der Waals surface area contributed by atoms with Gasteiger partial charge < -0.3 is 10.6 Å². The summed E-state index contributed by atoms with van der Waals surface area (Å²) in [7, 11) is 1.61. The van der Waals surface area contributed by atoms with Crippen molar-refractivity contribution in [3.8, 4) is 0 Å². The molecule has 3 nitrogen and oxygen atoms in total. The smallest absolute Gasteiger partial charge is 0.253 e. The minimum absolute atomic E-state index is 0.102. The zero-order chi connectivity index (χ0) is 13.7. The van der Waals surface area contributed by atoms with E-state index in [4.69, 9.17) is 0 Å².